The Balaban J connectivity index is 1.85. The first-order chi connectivity index (χ1) is 16.2. The summed E-state index contributed by atoms with van der Waals surface area (Å²) < 4.78 is 12.0. The van der Waals surface area contributed by atoms with Crippen molar-refractivity contribution >= 4 is 29.2 Å². The summed E-state index contributed by atoms with van der Waals surface area (Å²) in [5, 5.41) is 13.9. The van der Waals surface area contributed by atoms with Gasteiger partial charge in [-0.3, -0.25) is 9.59 Å². The number of ether oxygens (including phenoxy) is 2. The number of fused-ring (bicyclic) bond motifs is 1. The van der Waals surface area contributed by atoms with E-state index in [1.807, 2.05) is 32.2 Å². The maximum atomic E-state index is 13.4. The lowest BCUT2D eigenvalue weighted by Crippen LogP contribution is -2.44. The van der Waals surface area contributed by atoms with E-state index in [0.29, 0.717) is 12.3 Å². The molecule has 1 aromatic rings. The van der Waals surface area contributed by atoms with E-state index in [-0.39, 0.29) is 35.7 Å². The molecule has 0 aliphatic carbocycles. The largest absolute Gasteiger partial charge is 0.458 e. The number of carbonyl (C=O) groups is 2. The number of rotatable bonds is 2. The monoisotopic (exact) mass is 505 g/mol. The normalized spacial score (nSPS) is 37.5. The molecule has 2 saturated heterocycles. The molecule has 7 atom stereocenters. The Bertz CT molecular complexity index is 953. The zero-order valence-electron chi connectivity index (χ0n) is 22.6. The number of aromatic nitrogens is 1. The smallest absolute Gasteiger partial charge is 0.309 e. The fourth-order valence-corrected chi connectivity index (χ4v) is 5.81. The number of hydrogen-bond donors (Lipinski definition) is 1. The Morgan fingerprint density at radius 2 is 1.91 bits per heavy atom. The standard InChI is InChI=1S/C28H43NO5S/c1-16-10-9-11-28(8)24(34-28)13-22(17(2)12-21-15-35-20(5)29-21)33-25(31)14-23(30)27(6,7)26(32)19(4)18(16)3/h12,15-16,18-19,22-24,30H,9-11,13-14H2,1-8H3/b17-12+. The Hall–Kier alpha value is -1.57. The molecule has 0 radical (unpaired) electrons. The third-order valence-electron chi connectivity index (χ3n) is 8.52. The zero-order valence-corrected chi connectivity index (χ0v) is 23.4. The molecule has 6 nitrogen and oxygen atoms in total. The van der Waals surface area contributed by atoms with E-state index < -0.39 is 23.6 Å². The minimum absolute atomic E-state index is 0.00618. The van der Waals surface area contributed by atoms with E-state index in [2.05, 4.69) is 25.8 Å². The van der Waals surface area contributed by atoms with Crippen molar-refractivity contribution in [1.82, 2.24) is 4.98 Å². The van der Waals surface area contributed by atoms with Crippen LogP contribution in [0.4, 0.5) is 0 Å². The van der Waals surface area contributed by atoms with Gasteiger partial charge in [0.25, 0.3) is 0 Å². The van der Waals surface area contributed by atoms with Gasteiger partial charge in [0, 0.05) is 17.7 Å². The number of ketones is 1. The van der Waals surface area contributed by atoms with E-state index in [9.17, 15) is 14.7 Å². The van der Waals surface area contributed by atoms with Gasteiger partial charge in [-0.25, -0.2) is 4.98 Å². The van der Waals surface area contributed by atoms with Crippen molar-refractivity contribution < 1.29 is 24.2 Å². The number of carbonyl (C=O) groups excluding carboxylic acids is 2. The molecule has 0 aromatic carbocycles. The van der Waals surface area contributed by atoms with Crippen LogP contribution in [0.3, 0.4) is 0 Å². The number of nitrogens with zero attached hydrogens (tertiary/aromatic N) is 1. The molecular weight excluding hydrogens is 462 g/mol. The first-order valence-electron chi connectivity index (χ1n) is 12.9. The average Bonchev–Trinajstić information content (AvgIpc) is 3.22. The zero-order chi connectivity index (χ0) is 26.1. The third-order valence-corrected chi connectivity index (χ3v) is 9.31. The van der Waals surface area contributed by atoms with Crippen molar-refractivity contribution in [1.29, 1.82) is 0 Å². The second-order valence-electron chi connectivity index (χ2n) is 11.6. The molecular formula is C28H43NO5S. The summed E-state index contributed by atoms with van der Waals surface area (Å²) >= 11 is 1.58. The fraction of sp³-hybridized carbons (Fsp3) is 0.750. The molecule has 0 amide bonds. The van der Waals surface area contributed by atoms with Crippen LogP contribution >= 0.6 is 11.3 Å². The molecule has 2 aliphatic heterocycles. The summed E-state index contributed by atoms with van der Waals surface area (Å²) in [5.74, 6) is -0.162. The van der Waals surface area contributed by atoms with Crippen LogP contribution in [-0.2, 0) is 19.1 Å². The molecule has 7 heteroatoms. The summed E-state index contributed by atoms with van der Waals surface area (Å²) in [7, 11) is 0. The number of esters is 1. The van der Waals surface area contributed by atoms with Crippen LogP contribution < -0.4 is 0 Å². The maximum Gasteiger partial charge on any atom is 0.309 e. The summed E-state index contributed by atoms with van der Waals surface area (Å²) in [6.45, 7) is 15.8. The molecule has 7 unspecified atom stereocenters. The summed E-state index contributed by atoms with van der Waals surface area (Å²) in [6, 6.07) is 0. The minimum Gasteiger partial charge on any atom is -0.458 e. The molecule has 2 fully saturated rings. The van der Waals surface area contributed by atoms with Crippen molar-refractivity contribution in [2.45, 2.75) is 111 Å². The van der Waals surface area contributed by atoms with Gasteiger partial charge >= 0.3 is 5.97 Å². The van der Waals surface area contributed by atoms with Crippen molar-refractivity contribution in [2.75, 3.05) is 0 Å². The second kappa shape index (κ2) is 10.8. The Labute approximate surface area is 214 Å². The van der Waals surface area contributed by atoms with E-state index in [4.69, 9.17) is 9.47 Å². The molecule has 2 aliphatic rings. The predicted molar refractivity (Wildman–Crippen MR) is 139 cm³/mol. The number of aliphatic hydroxyl groups is 1. The van der Waals surface area contributed by atoms with Gasteiger partial charge in [0.05, 0.1) is 40.3 Å². The van der Waals surface area contributed by atoms with Gasteiger partial charge in [0.15, 0.2) is 0 Å². The first kappa shape index (κ1) is 28.0. The van der Waals surface area contributed by atoms with Crippen LogP contribution in [0.5, 0.6) is 0 Å². The molecule has 196 valence electrons. The van der Waals surface area contributed by atoms with Gasteiger partial charge in [0.2, 0.25) is 0 Å². The third kappa shape index (κ3) is 6.60. The van der Waals surface area contributed by atoms with Gasteiger partial charge in [-0.05, 0) is 50.7 Å². The van der Waals surface area contributed by atoms with E-state index in [1.54, 1.807) is 25.2 Å². The van der Waals surface area contributed by atoms with Crippen LogP contribution in [0.25, 0.3) is 6.08 Å². The number of aliphatic hydroxyl groups excluding tert-OH is 1. The van der Waals surface area contributed by atoms with Gasteiger partial charge in [0.1, 0.15) is 11.9 Å². The summed E-state index contributed by atoms with van der Waals surface area (Å²) in [4.78, 5) is 30.9. The van der Waals surface area contributed by atoms with Crippen molar-refractivity contribution in [3.05, 3.63) is 21.7 Å². The van der Waals surface area contributed by atoms with Crippen LogP contribution in [0.15, 0.2) is 11.0 Å². The van der Waals surface area contributed by atoms with Crippen molar-refractivity contribution in [3.63, 3.8) is 0 Å². The molecule has 35 heavy (non-hydrogen) atoms. The molecule has 1 N–H and O–H groups in total. The molecule has 3 heterocycles. The van der Waals surface area contributed by atoms with Gasteiger partial charge in [-0.2, -0.15) is 0 Å². The average molecular weight is 506 g/mol. The number of Topliss-reactive ketones (excluding diaryl/α,β-unsaturated/α-hetero) is 1. The quantitative estimate of drug-likeness (QED) is 0.406. The molecule has 0 bridgehead atoms. The lowest BCUT2D eigenvalue weighted by molar-refractivity contribution is -0.154. The molecule has 1 aromatic heterocycles. The number of thiazole rings is 1. The van der Waals surface area contributed by atoms with Gasteiger partial charge in [-0.1, -0.05) is 47.5 Å². The summed E-state index contributed by atoms with van der Waals surface area (Å²) in [5.41, 5.74) is 0.478. The van der Waals surface area contributed by atoms with Crippen LogP contribution in [0.1, 0.15) is 91.3 Å². The molecule has 0 saturated carbocycles. The Morgan fingerprint density at radius 3 is 2.54 bits per heavy atom. The minimum atomic E-state index is -1.12. The SMILES string of the molecule is C/C(=C\c1csc(C)n1)C1CC2OC2(C)CCCC(C)C(C)C(C)C(=O)C(C)(C)C(O)CC(=O)O1. The fourth-order valence-electron chi connectivity index (χ4n) is 5.24. The van der Waals surface area contributed by atoms with Crippen LogP contribution in [0, 0.1) is 30.1 Å². The number of aryl methyl sites for hydroxylation is 1. The first-order valence-corrected chi connectivity index (χ1v) is 13.8. The summed E-state index contributed by atoms with van der Waals surface area (Å²) in [6.07, 6.45) is 3.69. The number of hydrogen-bond acceptors (Lipinski definition) is 7. The highest BCUT2D eigenvalue weighted by atomic mass is 32.1. The van der Waals surface area contributed by atoms with Crippen LogP contribution in [-0.4, -0.2) is 45.8 Å². The number of epoxide rings is 1. The molecule has 3 rings (SSSR count). The maximum absolute atomic E-state index is 13.4. The predicted octanol–water partition coefficient (Wildman–Crippen LogP) is 5.75. The lowest BCUT2D eigenvalue weighted by atomic mass is 9.70. The highest BCUT2D eigenvalue weighted by Crippen LogP contribution is 2.45. The van der Waals surface area contributed by atoms with Crippen molar-refractivity contribution in [3.8, 4) is 0 Å². The Morgan fingerprint density at radius 1 is 1.23 bits per heavy atom. The Kier molecular flexibility index (Phi) is 8.65. The lowest BCUT2D eigenvalue weighted by Gasteiger charge is -2.35. The second-order valence-corrected chi connectivity index (χ2v) is 12.7. The van der Waals surface area contributed by atoms with E-state index in [0.717, 1.165) is 35.5 Å². The highest BCUT2D eigenvalue weighted by Gasteiger charge is 2.53. The van der Waals surface area contributed by atoms with E-state index in [1.165, 1.54) is 0 Å². The van der Waals surface area contributed by atoms with Crippen LogP contribution in [0.2, 0.25) is 0 Å². The van der Waals surface area contributed by atoms with Gasteiger partial charge in [-0.15, -0.1) is 11.3 Å². The highest BCUT2D eigenvalue weighted by molar-refractivity contribution is 7.09. The number of cyclic esters (lactones) is 1. The molecule has 0 spiro atoms. The van der Waals surface area contributed by atoms with Crippen molar-refractivity contribution in [2.24, 2.45) is 23.2 Å². The topological polar surface area (TPSA) is 89.0 Å². The van der Waals surface area contributed by atoms with Gasteiger partial charge < -0.3 is 14.6 Å². The van der Waals surface area contributed by atoms with E-state index >= 15 is 0 Å².